The molecule has 0 bridgehead atoms. The number of hydrogen-bond donors (Lipinski definition) is 6. The quantitative estimate of drug-likeness (QED) is 0.353. The SMILES string of the molecule is CN(C)[C@H]1C(=O)C(C(N)=O)=C(O)[C@@]2(O)C(=O)C3=C(O)c4c(O)ccc(-c5ccc[nH]5)c4C[C@H]3C[C@@H]12. The van der Waals surface area contributed by atoms with E-state index in [9.17, 15) is 34.8 Å². The fourth-order valence-corrected chi connectivity index (χ4v) is 5.99. The number of rotatable bonds is 3. The Morgan fingerprint density at radius 3 is 2.49 bits per heavy atom. The maximum absolute atomic E-state index is 13.8. The molecule has 10 heteroatoms. The molecule has 2 aromatic rings. The topological polar surface area (TPSA) is 177 Å². The highest BCUT2D eigenvalue weighted by atomic mass is 16.3. The summed E-state index contributed by atoms with van der Waals surface area (Å²) in [7, 11) is 3.13. The number of aromatic amines is 1. The molecule has 0 saturated heterocycles. The Bertz CT molecular complexity index is 1360. The number of carbonyl (C=O) groups is 3. The molecule has 182 valence electrons. The van der Waals surface area contributed by atoms with E-state index in [-0.39, 0.29) is 29.7 Å². The zero-order chi connectivity index (χ0) is 25.4. The lowest BCUT2D eigenvalue weighted by molar-refractivity contribution is -0.153. The van der Waals surface area contributed by atoms with Gasteiger partial charge in [0, 0.05) is 28.9 Å². The molecule has 1 fully saturated rings. The molecule has 0 unspecified atom stereocenters. The van der Waals surface area contributed by atoms with Crippen LogP contribution >= 0.6 is 0 Å². The molecule has 0 spiro atoms. The average Bonchev–Trinajstić information content (AvgIpc) is 3.30. The van der Waals surface area contributed by atoms with Crippen LogP contribution in [-0.2, 0) is 20.8 Å². The number of aromatic nitrogens is 1. The van der Waals surface area contributed by atoms with Crippen LogP contribution in [0.25, 0.3) is 17.0 Å². The average molecular weight is 479 g/mol. The summed E-state index contributed by atoms with van der Waals surface area (Å²) in [5.41, 5.74) is 3.83. The third kappa shape index (κ3) is 2.93. The van der Waals surface area contributed by atoms with Gasteiger partial charge in [0.2, 0.25) is 5.78 Å². The first-order valence-corrected chi connectivity index (χ1v) is 11.1. The van der Waals surface area contributed by atoms with Crippen molar-refractivity contribution in [2.24, 2.45) is 17.6 Å². The molecule has 35 heavy (non-hydrogen) atoms. The lowest BCUT2D eigenvalue weighted by Crippen LogP contribution is -2.65. The number of phenolic OH excluding ortho intramolecular Hbond substituents is 1. The molecule has 10 nitrogen and oxygen atoms in total. The first kappa shape index (κ1) is 22.9. The van der Waals surface area contributed by atoms with Crippen molar-refractivity contribution in [1.82, 2.24) is 9.88 Å². The van der Waals surface area contributed by atoms with Gasteiger partial charge in [-0.2, -0.15) is 0 Å². The normalized spacial score (nSPS) is 28.2. The molecule has 1 amide bonds. The van der Waals surface area contributed by atoms with E-state index >= 15 is 0 Å². The van der Waals surface area contributed by atoms with Gasteiger partial charge in [-0.15, -0.1) is 0 Å². The second-order valence-corrected chi connectivity index (χ2v) is 9.53. The van der Waals surface area contributed by atoms with Gasteiger partial charge in [0.05, 0.1) is 11.6 Å². The second kappa shape index (κ2) is 7.56. The second-order valence-electron chi connectivity index (χ2n) is 9.53. The summed E-state index contributed by atoms with van der Waals surface area (Å²) in [6.45, 7) is 0. The zero-order valence-electron chi connectivity index (χ0n) is 19.1. The molecule has 1 aromatic carbocycles. The number of phenols is 1. The van der Waals surface area contributed by atoms with Gasteiger partial charge in [-0.25, -0.2) is 0 Å². The predicted molar refractivity (Wildman–Crippen MR) is 124 cm³/mol. The number of H-pyrrole nitrogens is 1. The van der Waals surface area contributed by atoms with E-state index < -0.39 is 58.0 Å². The number of likely N-dealkylation sites (N-methyl/N-ethyl adjacent to an activating group) is 1. The Morgan fingerprint density at radius 1 is 1.17 bits per heavy atom. The third-order valence-electron chi connectivity index (χ3n) is 7.49. The van der Waals surface area contributed by atoms with Crippen molar-refractivity contribution in [1.29, 1.82) is 0 Å². The first-order chi connectivity index (χ1) is 16.5. The number of carbonyl (C=O) groups excluding carboxylic acids is 3. The van der Waals surface area contributed by atoms with Crippen molar-refractivity contribution < 1.29 is 34.8 Å². The minimum Gasteiger partial charge on any atom is -0.508 e. The number of aromatic hydroxyl groups is 1. The minimum atomic E-state index is -2.64. The molecule has 1 aromatic heterocycles. The van der Waals surface area contributed by atoms with E-state index in [4.69, 9.17) is 5.73 Å². The molecule has 0 radical (unpaired) electrons. The number of Topliss-reactive ketones (excluding diaryl/α,β-unsaturated/α-hetero) is 2. The molecular formula is C25H25N3O7. The number of amides is 1. The van der Waals surface area contributed by atoms with E-state index in [0.717, 1.165) is 11.3 Å². The number of primary amides is 1. The maximum atomic E-state index is 13.8. The summed E-state index contributed by atoms with van der Waals surface area (Å²) in [5.74, 6) is -6.64. The van der Waals surface area contributed by atoms with Gasteiger partial charge < -0.3 is 31.1 Å². The Morgan fingerprint density at radius 2 is 1.89 bits per heavy atom. The number of aliphatic hydroxyl groups excluding tert-OH is 2. The van der Waals surface area contributed by atoms with Crippen molar-refractivity contribution in [3.63, 3.8) is 0 Å². The molecule has 1 heterocycles. The minimum absolute atomic E-state index is 0.0472. The predicted octanol–water partition coefficient (Wildman–Crippen LogP) is 0.959. The van der Waals surface area contributed by atoms with Crippen LogP contribution < -0.4 is 5.73 Å². The standard InChI is InChI=1S/C25H25N3O7/c1-28(2)19-13-9-10-8-12-11(14-4-3-7-27-14)5-6-15(29)17(12)20(30)16(10)22(32)25(13,35)23(33)18(21(19)31)24(26)34/h3-7,10,13,19,27,29-30,33,35H,8-9H2,1-2H3,(H2,26,34)/t10-,13-,19+,25-/m0/s1. The first-order valence-electron chi connectivity index (χ1n) is 11.1. The van der Waals surface area contributed by atoms with Crippen LogP contribution in [0.2, 0.25) is 0 Å². The van der Waals surface area contributed by atoms with Crippen LogP contribution in [0.5, 0.6) is 5.75 Å². The van der Waals surface area contributed by atoms with Crippen LogP contribution in [-0.4, -0.2) is 73.5 Å². The number of nitrogens with two attached hydrogens (primary N) is 1. The molecule has 3 aliphatic rings. The van der Waals surface area contributed by atoms with Crippen LogP contribution in [0.1, 0.15) is 17.5 Å². The van der Waals surface area contributed by atoms with Crippen molar-refractivity contribution in [3.8, 4) is 17.0 Å². The van der Waals surface area contributed by atoms with Gasteiger partial charge in [0.1, 0.15) is 22.8 Å². The third-order valence-corrected chi connectivity index (χ3v) is 7.49. The van der Waals surface area contributed by atoms with Crippen molar-refractivity contribution in [3.05, 3.63) is 58.5 Å². The smallest absolute Gasteiger partial charge is 0.255 e. The summed E-state index contributed by atoms with van der Waals surface area (Å²) in [5, 5.41) is 44.3. The summed E-state index contributed by atoms with van der Waals surface area (Å²) >= 11 is 0. The van der Waals surface area contributed by atoms with Crippen LogP contribution in [0.15, 0.2) is 47.4 Å². The van der Waals surface area contributed by atoms with Crippen LogP contribution in [0.3, 0.4) is 0 Å². The van der Waals surface area contributed by atoms with Gasteiger partial charge in [-0.3, -0.25) is 19.3 Å². The highest BCUT2D eigenvalue weighted by Crippen LogP contribution is 2.53. The lowest BCUT2D eigenvalue weighted by Gasteiger charge is -2.50. The summed E-state index contributed by atoms with van der Waals surface area (Å²) in [4.78, 5) is 43.5. The van der Waals surface area contributed by atoms with Crippen LogP contribution in [0.4, 0.5) is 0 Å². The molecule has 3 aliphatic carbocycles. The zero-order valence-corrected chi connectivity index (χ0v) is 19.1. The number of nitrogens with zero attached hydrogens (tertiary/aromatic N) is 1. The van der Waals surface area contributed by atoms with Crippen molar-refractivity contribution >= 4 is 23.2 Å². The fourth-order valence-electron chi connectivity index (χ4n) is 5.99. The monoisotopic (exact) mass is 479 g/mol. The lowest BCUT2D eigenvalue weighted by atomic mass is 9.57. The maximum Gasteiger partial charge on any atom is 0.255 e. The molecule has 1 saturated carbocycles. The Hall–Kier alpha value is -3.89. The number of hydrogen-bond acceptors (Lipinski definition) is 8. The molecule has 7 N–H and O–H groups in total. The number of benzene rings is 1. The summed E-state index contributed by atoms with van der Waals surface area (Å²) < 4.78 is 0. The highest BCUT2D eigenvalue weighted by Gasteiger charge is 2.64. The van der Waals surface area contributed by atoms with Gasteiger partial charge in [-0.05, 0) is 62.7 Å². The molecule has 0 aliphatic heterocycles. The summed E-state index contributed by atoms with van der Waals surface area (Å²) in [6.07, 6.45) is 2.02. The van der Waals surface area contributed by atoms with Crippen molar-refractivity contribution in [2.45, 2.75) is 24.5 Å². The van der Waals surface area contributed by atoms with Gasteiger partial charge in [0.15, 0.2) is 11.4 Å². The highest BCUT2D eigenvalue weighted by molar-refractivity contribution is 6.24. The van der Waals surface area contributed by atoms with Gasteiger partial charge in [-0.1, -0.05) is 0 Å². The number of aliphatic hydroxyl groups is 3. The fraction of sp³-hybridized carbons (Fsp3) is 0.320. The number of fused-ring (bicyclic) bond motifs is 3. The summed E-state index contributed by atoms with van der Waals surface area (Å²) in [6, 6.07) is 5.65. The van der Waals surface area contributed by atoms with E-state index in [2.05, 4.69) is 4.98 Å². The molecular weight excluding hydrogens is 454 g/mol. The molecule has 5 rings (SSSR count). The van der Waals surface area contributed by atoms with E-state index in [0.29, 0.717) is 5.56 Å². The van der Waals surface area contributed by atoms with Gasteiger partial charge >= 0.3 is 0 Å². The van der Waals surface area contributed by atoms with Crippen LogP contribution in [0, 0.1) is 11.8 Å². The largest absolute Gasteiger partial charge is 0.508 e. The van der Waals surface area contributed by atoms with E-state index in [1.165, 1.54) is 11.0 Å². The Kier molecular flexibility index (Phi) is 4.94. The van der Waals surface area contributed by atoms with E-state index in [1.54, 1.807) is 26.4 Å². The number of nitrogens with one attached hydrogen (secondary N) is 1. The Labute approximate surface area is 200 Å². The van der Waals surface area contributed by atoms with Crippen molar-refractivity contribution in [2.75, 3.05) is 14.1 Å². The number of ketones is 2. The molecule has 4 atom stereocenters. The van der Waals surface area contributed by atoms with E-state index in [1.807, 2.05) is 12.1 Å². The van der Waals surface area contributed by atoms with Gasteiger partial charge in [0.25, 0.3) is 5.91 Å². The Balaban J connectivity index is 1.75.